The Hall–Kier alpha value is -3.66. The summed E-state index contributed by atoms with van der Waals surface area (Å²) in [7, 11) is 3.58. The van der Waals surface area contributed by atoms with Crippen molar-refractivity contribution in [1.82, 2.24) is 19.4 Å². The number of hydrogen-bond donors (Lipinski definition) is 2. The van der Waals surface area contributed by atoms with E-state index in [1.54, 1.807) is 24.3 Å². The van der Waals surface area contributed by atoms with E-state index in [4.69, 9.17) is 16.3 Å². The summed E-state index contributed by atoms with van der Waals surface area (Å²) in [6, 6.07) is 7.62. The zero-order valence-electron chi connectivity index (χ0n) is 21.2. The fraction of sp³-hybridized carbons (Fsp3) is 0.286. The van der Waals surface area contributed by atoms with Gasteiger partial charge in [-0.05, 0) is 47.5 Å². The van der Waals surface area contributed by atoms with E-state index >= 15 is 0 Å². The Morgan fingerprint density at radius 3 is 2.84 bits per heavy atom. The average molecular weight is 538 g/mol. The second-order valence-corrected chi connectivity index (χ2v) is 9.88. The predicted octanol–water partition coefficient (Wildman–Crippen LogP) is 4.26. The number of aliphatic hydroxyl groups is 1. The number of amides is 1. The number of hydrogen-bond acceptors (Lipinski definition) is 6. The van der Waals surface area contributed by atoms with Gasteiger partial charge in [-0.25, -0.2) is 9.37 Å². The summed E-state index contributed by atoms with van der Waals surface area (Å²) in [5.41, 5.74) is 4.11. The van der Waals surface area contributed by atoms with Crippen molar-refractivity contribution in [3.05, 3.63) is 94.4 Å². The fourth-order valence-electron chi connectivity index (χ4n) is 4.79. The van der Waals surface area contributed by atoms with Crippen LogP contribution in [0.25, 0.3) is 11.1 Å². The lowest BCUT2D eigenvalue weighted by Crippen LogP contribution is -2.49. The molecule has 0 radical (unpaired) electrons. The highest BCUT2D eigenvalue weighted by Gasteiger charge is 2.34. The SMILES string of the molecule is COC[C@H]1Cn2cc(-c3cc(NC4=CCN(C)C=C4)ncc3Cl)cc2C(=O)N1Cc1cc(F)ccc1CO. The summed E-state index contributed by atoms with van der Waals surface area (Å²) in [5.74, 6) is 0.0172. The third-order valence-electron chi connectivity index (χ3n) is 6.81. The number of carbonyl (C=O) groups excluding carboxylic acids is 1. The first-order valence-corrected chi connectivity index (χ1v) is 12.6. The molecule has 38 heavy (non-hydrogen) atoms. The van der Waals surface area contributed by atoms with Crippen molar-refractivity contribution in [2.75, 3.05) is 32.6 Å². The van der Waals surface area contributed by atoms with Crippen LogP contribution in [0.15, 0.2) is 66.8 Å². The smallest absolute Gasteiger partial charge is 0.271 e. The number of nitrogens with one attached hydrogen (secondary N) is 1. The highest BCUT2D eigenvalue weighted by molar-refractivity contribution is 6.33. The Morgan fingerprint density at radius 1 is 1.26 bits per heavy atom. The molecule has 3 aromatic rings. The number of carbonyl (C=O) groups is 1. The van der Waals surface area contributed by atoms with E-state index in [0.29, 0.717) is 40.8 Å². The molecule has 0 fully saturated rings. The van der Waals surface area contributed by atoms with Crippen molar-refractivity contribution in [2.24, 2.45) is 0 Å². The van der Waals surface area contributed by atoms with Crippen LogP contribution < -0.4 is 5.32 Å². The van der Waals surface area contributed by atoms with Crippen molar-refractivity contribution in [1.29, 1.82) is 0 Å². The van der Waals surface area contributed by atoms with Gasteiger partial charge in [0.15, 0.2) is 0 Å². The molecule has 0 unspecified atom stereocenters. The highest BCUT2D eigenvalue weighted by atomic mass is 35.5. The second-order valence-electron chi connectivity index (χ2n) is 9.47. The Bertz CT molecular complexity index is 1420. The van der Waals surface area contributed by atoms with Gasteiger partial charge in [0, 0.05) is 69.2 Å². The summed E-state index contributed by atoms with van der Waals surface area (Å²) >= 11 is 6.55. The number of rotatable bonds is 8. The topological polar surface area (TPSA) is 82.9 Å². The van der Waals surface area contributed by atoms with Gasteiger partial charge in [-0.15, -0.1) is 0 Å². The molecule has 5 rings (SSSR count). The number of nitrogens with zero attached hydrogens (tertiary/aromatic N) is 4. The van der Waals surface area contributed by atoms with Crippen LogP contribution in [0.3, 0.4) is 0 Å². The lowest BCUT2D eigenvalue weighted by atomic mass is 10.0. The number of fused-ring (bicyclic) bond motifs is 1. The number of ether oxygens (including phenoxy) is 1. The van der Waals surface area contributed by atoms with Crippen molar-refractivity contribution in [2.45, 2.75) is 25.7 Å². The van der Waals surface area contributed by atoms with E-state index in [1.807, 2.05) is 42.2 Å². The molecule has 4 heterocycles. The molecule has 0 spiro atoms. The third-order valence-corrected chi connectivity index (χ3v) is 7.11. The van der Waals surface area contributed by atoms with E-state index in [0.717, 1.165) is 23.4 Å². The van der Waals surface area contributed by atoms with Gasteiger partial charge in [0.2, 0.25) is 0 Å². The molecule has 198 valence electrons. The molecular weight excluding hydrogens is 509 g/mol. The minimum Gasteiger partial charge on any atom is -0.392 e. The number of methoxy groups -OCH3 is 1. The molecule has 1 amide bonds. The largest absolute Gasteiger partial charge is 0.392 e. The number of benzene rings is 1. The minimum atomic E-state index is -0.418. The third kappa shape index (κ3) is 5.31. The predicted molar refractivity (Wildman–Crippen MR) is 144 cm³/mol. The van der Waals surface area contributed by atoms with Crippen LogP contribution >= 0.6 is 11.6 Å². The standard InChI is InChI=1S/C28H29ClFN5O3/c1-33-7-5-22(6-8-33)32-27-11-24(25(29)12-31-27)20-10-26-28(37)35(23(17-38-2)15-34(26)13-20)14-19-9-21(30)4-3-18(19)16-36/h3-7,9-13,23,36H,8,14-17H2,1-2H3,(H,31,32)/t23-/m1/s1. The van der Waals surface area contributed by atoms with Crippen LogP contribution in [0, 0.1) is 5.82 Å². The molecular formula is C28H29ClFN5O3. The van der Waals surface area contributed by atoms with E-state index < -0.39 is 5.82 Å². The molecule has 2 aliphatic rings. The number of anilines is 1. The van der Waals surface area contributed by atoms with E-state index in [1.165, 1.54) is 12.1 Å². The maximum absolute atomic E-state index is 14.0. The Balaban J connectivity index is 1.45. The maximum Gasteiger partial charge on any atom is 0.271 e. The first-order chi connectivity index (χ1) is 18.4. The number of pyridine rings is 1. The van der Waals surface area contributed by atoms with Gasteiger partial charge in [-0.3, -0.25) is 4.79 Å². The molecule has 1 aromatic carbocycles. The van der Waals surface area contributed by atoms with Crippen LogP contribution in [-0.4, -0.2) is 63.7 Å². The molecule has 10 heteroatoms. The van der Waals surface area contributed by atoms with E-state index in [2.05, 4.69) is 21.3 Å². The molecule has 2 N–H and O–H groups in total. The lowest BCUT2D eigenvalue weighted by molar-refractivity contribution is 0.0386. The Kier molecular flexibility index (Phi) is 7.51. The van der Waals surface area contributed by atoms with Crippen LogP contribution in [-0.2, 0) is 24.4 Å². The van der Waals surface area contributed by atoms with Gasteiger partial charge in [-0.1, -0.05) is 17.7 Å². The number of aromatic nitrogens is 2. The number of halogens is 2. The van der Waals surface area contributed by atoms with Crippen molar-refractivity contribution >= 4 is 23.3 Å². The maximum atomic E-state index is 14.0. The Labute approximate surface area is 225 Å². The monoisotopic (exact) mass is 537 g/mol. The number of aliphatic hydroxyl groups excluding tert-OH is 1. The fourth-order valence-corrected chi connectivity index (χ4v) is 5.00. The second kappa shape index (κ2) is 11.0. The van der Waals surface area contributed by atoms with Crippen LogP contribution in [0.1, 0.15) is 21.6 Å². The van der Waals surface area contributed by atoms with Crippen molar-refractivity contribution in [3.8, 4) is 11.1 Å². The molecule has 0 saturated heterocycles. The quantitative estimate of drug-likeness (QED) is 0.447. The number of likely N-dealkylation sites (N-methyl/N-ethyl adjacent to an activating group) is 1. The molecule has 2 aromatic heterocycles. The van der Waals surface area contributed by atoms with E-state index in [-0.39, 0.29) is 25.1 Å². The summed E-state index contributed by atoms with van der Waals surface area (Å²) in [6.07, 6.45) is 9.53. The lowest BCUT2D eigenvalue weighted by Gasteiger charge is -2.36. The molecule has 0 bridgehead atoms. The summed E-state index contributed by atoms with van der Waals surface area (Å²) in [6.45, 7) is 1.51. The molecule has 2 aliphatic heterocycles. The van der Waals surface area contributed by atoms with Gasteiger partial charge < -0.3 is 29.5 Å². The van der Waals surface area contributed by atoms with Crippen LogP contribution in [0.4, 0.5) is 10.2 Å². The Morgan fingerprint density at radius 2 is 2.11 bits per heavy atom. The van der Waals surface area contributed by atoms with Gasteiger partial charge in [-0.2, -0.15) is 0 Å². The molecule has 8 nitrogen and oxygen atoms in total. The normalized spacial score (nSPS) is 17.0. The van der Waals surface area contributed by atoms with Crippen molar-refractivity contribution in [3.63, 3.8) is 0 Å². The average Bonchev–Trinajstić information content (AvgIpc) is 3.33. The van der Waals surface area contributed by atoms with Crippen LogP contribution in [0.5, 0.6) is 0 Å². The van der Waals surface area contributed by atoms with Crippen LogP contribution in [0.2, 0.25) is 5.02 Å². The molecule has 1 atom stereocenters. The molecule has 0 aliphatic carbocycles. The summed E-state index contributed by atoms with van der Waals surface area (Å²) in [5, 5.41) is 13.5. The van der Waals surface area contributed by atoms with Gasteiger partial charge >= 0.3 is 0 Å². The first-order valence-electron chi connectivity index (χ1n) is 12.3. The number of allylic oxidation sites excluding steroid dienone is 1. The summed E-state index contributed by atoms with van der Waals surface area (Å²) < 4.78 is 21.3. The zero-order chi connectivity index (χ0) is 26.8. The van der Waals surface area contributed by atoms with Gasteiger partial charge in [0.05, 0.1) is 24.3 Å². The van der Waals surface area contributed by atoms with E-state index in [9.17, 15) is 14.3 Å². The zero-order valence-corrected chi connectivity index (χ0v) is 22.0. The van der Waals surface area contributed by atoms with Crippen molar-refractivity contribution < 1.29 is 19.0 Å². The summed E-state index contributed by atoms with van der Waals surface area (Å²) in [4.78, 5) is 21.8. The highest BCUT2D eigenvalue weighted by Crippen LogP contribution is 2.34. The van der Waals surface area contributed by atoms with Gasteiger partial charge in [0.1, 0.15) is 17.3 Å². The van der Waals surface area contributed by atoms with Gasteiger partial charge in [0.25, 0.3) is 5.91 Å². The first kappa shape index (κ1) is 26.0. The minimum absolute atomic E-state index is 0.156. The molecule has 0 saturated carbocycles.